The first kappa shape index (κ1) is 25.8. The van der Waals surface area contributed by atoms with Crippen LogP contribution in [0.5, 0.6) is 11.5 Å². The van der Waals surface area contributed by atoms with E-state index < -0.39 is 0 Å². The first-order valence-electron chi connectivity index (χ1n) is 16.1. The Hall–Kier alpha value is -5.48. The molecule has 4 heterocycles. The molecule has 10 rings (SSSR count). The van der Waals surface area contributed by atoms with E-state index in [1.54, 1.807) is 0 Å². The maximum Gasteiger partial charge on any atom is 0.136 e. The lowest BCUT2D eigenvalue weighted by Crippen LogP contribution is -2.32. The number of anilines is 4. The van der Waals surface area contributed by atoms with Crippen LogP contribution in [0.15, 0.2) is 133 Å². The zero-order valence-corrected chi connectivity index (χ0v) is 25.7. The Morgan fingerprint density at radius 2 is 0.674 bits per heavy atom. The second-order valence-corrected chi connectivity index (χ2v) is 12.8. The van der Waals surface area contributed by atoms with Gasteiger partial charge in [0.25, 0.3) is 0 Å². The number of ether oxygens (including phenoxy) is 2. The topological polar surface area (TPSA) is 24.9 Å². The molecule has 6 aromatic rings. The SMILES string of the molecule is CN1c2ccccc2C(C2Oc3cccc4c3-c3c(cccc32)OC4C2c3ccccc3N(C)c3ccccc32)c2ccccc21. The number of rotatable bonds is 2. The van der Waals surface area contributed by atoms with E-state index in [9.17, 15) is 0 Å². The summed E-state index contributed by atoms with van der Waals surface area (Å²) in [6, 6.07) is 48.1. The van der Waals surface area contributed by atoms with E-state index in [0.717, 1.165) is 11.5 Å². The standard InChI is InChI=1S/C42H32N2O2/c1-43-31-19-7-3-13-25(31)37(26-14-4-8-20-32(26)43)41-29-17-11-24-36-39(29)40-30(18-12-23-35(40)45-41)42(46-36)38-27-15-5-9-21-33(27)44(2)34-22-10-6-16-28(34)38/h3-24,37-38,41-42H,1-2H3. The Kier molecular flexibility index (Phi) is 5.34. The van der Waals surface area contributed by atoms with Gasteiger partial charge in [-0.15, -0.1) is 0 Å². The summed E-state index contributed by atoms with van der Waals surface area (Å²) in [4.78, 5) is 4.61. The van der Waals surface area contributed by atoms with E-state index in [1.807, 2.05) is 0 Å². The van der Waals surface area contributed by atoms with Crippen molar-refractivity contribution in [2.75, 3.05) is 23.9 Å². The first-order chi connectivity index (χ1) is 22.7. The predicted octanol–water partition coefficient (Wildman–Crippen LogP) is 10.0. The van der Waals surface area contributed by atoms with Gasteiger partial charge in [-0.25, -0.2) is 0 Å². The highest BCUT2D eigenvalue weighted by molar-refractivity contribution is 5.87. The van der Waals surface area contributed by atoms with E-state index in [-0.39, 0.29) is 24.0 Å². The molecular formula is C42H32N2O2. The molecule has 2 atom stereocenters. The number of fused-ring (bicyclic) bond motifs is 4. The summed E-state index contributed by atoms with van der Waals surface area (Å²) in [6.45, 7) is 0. The van der Waals surface area contributed by atoms with Gasteiger partial charge in [0, 0.05) is 59.1 Å². The van der Waals surface area contributed by atoms with Gasteiger partial charge in [0.05, 0.1) is 11.8 Å². The van der Waals surface area contributed by atoms with Crippen molar-refractivity contribution in [1.29, 1.82) is 0 Å². The molecule has 4 aliphatic rings. The molecule has 0 amide bonds. The Bertz CT molecular complexity index is 1950. The average molecular weight is 597 g/mol. The predicted molar refractivity (Wildman–Crippen MR) is 184 cm³/mol. The van der Waals surface area contributed by atoms with Gasteiger partial charge in [-0.2, -0.15) is 0 Å². The maximum absolute atomic E-state index is 7.23. The van der Waals surface area contributed by atoms with Crippen molar-refractivity contribution in [3.05, 3.63) is 167 Å². The molecular weight excluding hydrogens is 564 g/mol. The van der Waals surface area contributed by atoms with Gasteiger partial charge in [-0.1, -0.05) is 97.1 Å². The molecule has 0 N–H and O–H groups in total. The molecule has 6 aromatic carbocycles. The minimum Gasteiger partial charge on any atom is -0.484 e. The Morgan fingerprint density at radius 1 is 0.370 bits per heavy atom. The Balaban J connectivity index is 1.17. The lowest BCUT2D eigenvalue weighted by Gasteiger charge is -2.45. The molecule has 2 unspecified atom stereocenters. The Morgan fingerprint density at radius 3 is 1.02 bits per heavy atom. The molecule has 0 saturated heterocycles. The van der Waals surface area contributed by atoms with Crippen molar-refractivity contribution in [1.82, 2.24) is 0 Å². The van der Waals surface area contributed by atoms with E-state index >= 15 is 0 Å². The Labute approximate surface area is 269 Å². The van der Waals surface area contributed by atoms with Crippen molar-refractivity contribution in [2.45, 2.75) is 24.0 Å². The number of hydrogen-bond donors (Lipinski definition) is 0. The normalized spacial score (nSPS) is 18.7. The van der Waals surface area contributed by atoms with E-state index in [0.29, 0.717) is 0 Å². The van der Waals surface area contributed by atoms with Crippen LogP contribution < -0.4 is 19.3 Å². The van der Waals surface area contributed by atoms with Gasteiger partial charge in [-0.05, 0) is 58.7 Å². The van der Waals surface area contributed by atoms with Gasteiger partial charge >= 0.3 is 0 Å². The van der Waals surface area contributed by atoms with Crippen LogP contribution in [0.4, 0.5) is 22.7 Å². The van der Waals surface area contributed by atoms with Crippen molar-refractivity contribution < 1.29 is 9.47 Å². The molecule has 46 heavy (non-hydrogen) atoms. The molecule has 0 aliphatic carbocycles. The van der Waals surface area contributed by atoms with Crippen molar-refractivity contribution in [3.63, 3.8) is 0 Å². The number of para-hydroxylation sites is 4. The van der Waals surface area contributed by atoms with Crippen LogP contribution in [0.3, 0.4) is 0 Å². The summed E-state index contributed by atoms with van der Waals surface area (Å²) in [5, 5.41) is 0. The fraction of sp³-hybridized carbons (Fsp3) is 0.143. The third-order valence-electron chi connectivity index (χ3n) is 10.6. The van der Waals surface area contributed by atoms with Crippen molar-refractivity contribution in [2.24, 2.45) is 0 Å². The summed E-state index contributed by atoms with van der Waals surface area (Å²) in [7, 11) is 4.32. The summed E-state index contributed by atoms with van der Waals surface area (Å²) >= 11 is 0. The molecule has 0 aromatic heterocycles. The van der Waals surface area contributed by atoms with Crippen molar-refractivity contribution in [3.8, 4) is 22.6 Å². The van der Waals surface area contributed by atoms with Crippen LogP contribution in [-0.4, -0.2) is 14.1 Å². The number of nitrogens with zero attached hydrogens (tertiary/aromatic N) is 2. The summed E-state index contributed by atoms with van der Waals surface area (Å²) in [5.74, 6) is 1.91. The second kappa shape index (κ2) is 9.51. The summed E-state index contributed by atoms with van der Waals surface area (Å²) < 4.78 is 14.5. The van der Waals surface area contributed by atoms with Gasteiger partial charge in [0.15, 0.2) is 0 Å². The molecule has 0 fully saturated rings. The monoisotopic (exact) mass is 596 g/mol. The summed E-state index contributed by atoms with van der Waals surface area (Å²) in [6.07, 6.45) is -0.419. The second-order valence-electron chi connectivity index (χ2n) is 12.8. The number of benzene rings is 6. The highest BCUT2D eigenvalue weighted by Gasteiger charge is 2.46. The van der Waals surface area contributed by atoms with Crippen LogP contribution >= 0.6 is 0 Å². The van der Waals surface area contributed by atoms with Gasteiger partial charge in [0.1, 0.15) is 23.7 Å². The van der Waals surface area contributed by atoms with E-state index in [2.05, 4.69) is 157 Å². The molecule has 0 radical (unpaired) electrons. The van der Waals surface area contributed by atoms with Gasteiger partial charge in [0.2, 0.25) is 0 Å². The quantitative estimate of drug-likeness (QED) is 0.199. The lowest BCUT2D eigenvalue weighted by atomic mass is 9.73. The highest BCUT2D eigenvalue weighted by Crippen LogP contribution is 2.62. The zero-order valence-electron chi connectivity index (χ0n) is 25.7. The van der Waals surface area contributed by atoms with E-state index in [4.69, 9.17) is 9.47 Å². The minimum atomic E-state index is -0.210. The molecule has 4 nitrogen and oxygen atoms in total. The fourth-order valence-corrected chi connectivity index (χ4v) is 8.67. The lowest BCUT2D eigenvalue weighted by molar-refractivity contribution is 0.162. The third kappa shape index (κ3) is 3.39. The smallest absolute Gasteiger partial charge is 0.136 e. The molecule has 0 bridgehead atoms. The van der Waals surface area contributed by atoms with Gasteiger partial charge in [-0.3, -0.25) is 0 Å². The minimum absolute atomic E-state index is 0.0252. The zero-order chi connectivity index (χ0) is 30.5. The van der Waals surface area contributed by atoms with Crippen LogP contribution in [0.25, 0.3) is 11.1 Å². The number of hydrogen-bond acceptors (Lipinski definition) is 4. The first-order valence-corrected chi connectivity index (χ1v) is 16.1. The van der Waals surface area contributed by atoms with Crippen LogP contribution in [0.1, 0.15) is 57.4 Å². The fourth-order valence-electron chi connectivity index (χ4n) is 8.67. The largest absolute Gasteiger partial charge is 0.484 e. The molecule has 222 valence electrons. The van der Waals surface area contributed by atoms with Crippen LogP contribution in [0, 0.1) is 0 Å². The van der Waals surface area contributed by atoms with Crippen LogP contribution in [-0.2, 0) is 0 Å². The average Bonchev–Trinajstić information content (AvgIpc) is 3.11. The molecule has 0 saturated carbocycles. The van der Waals surface area contributed by atoms with Crippen LogP contribution in [0.2, 0.25) is 0 Å². The van der Waals surface area contributed by atoms with E-state index in [1.165, 1.54) is 67.3 Å². The van der Waals surface area contributed by atoms with Crippen molar-refractivity contribution >= 4 is 22.7 Å². The van der Waals surface area contributed by atoms with Gasteiger partial charge < -0.3 is 19.3 Å². The highest BCUT2D eigenvalue weighted by atomic mass is 16.5. The summed E-state index contributed by atoms with van der Waals surface area (Å²) in [5.41, 5.74) is 14.7. The molecule has 4 heteroatoms. The maximum atomic E-state index is 7.23. The third-order valence-corrected chi connectivity index (χ3v) is 10.6. The molecule has 4 aliphatic heterocycles. The molecule has 0 spiro atoms.